The molecule has 128 valence electrons. The predicted octanol–water partition coefficient (Wildman–Crippen LogP) is 4.13. The van der Waals surface area contributed by atoms with Crippen LogP contribution >= 0.6 is 12.4 Å². The van der Waals surface area contributed by atoms with E-state index in [1.54, 1.807) is 16.9 Å². The first kappa shape index (κ1) is 19.3. The van der Waals surface area contributed by atoms with Crippen LogP contribution in [-0.2, 0) is 13.1 Å². The molecule has 0 atom stereocenters. The number of nitrogens with two attached hydrogens (primary N) is 1. The van der Waals surface area contributed by atoms with Gasteiger partial charge in [0.05, 0.1) is 6.20 Å². The van der Waals surface area contributed by atoms with Crippen molar-refractivity contribution in [2.75, 3.05) is 0 Å². The number of ether oxygens (including phenoxy) is 1. The van der Waals surface area contributed by atoms with Crippen molar-refractivity contribution in [1.82, 2.24) is 9.78 Å². The number of hydrogen-bond acceptors (Lipinski definition) is 3. The fourth-order valence-electron chi connectivity index (χ4n) is 2.09. The van der Waals surface area contributed by atoms with Gasteiger partial charge in [0.2, 0.25) is 0 Å². The summed E-state index contributed by atoms with van der Waals surface area (Å²) in [6.45, 7) is 2.99. The summed E-state index contributed by atoms with van der Waals surface area (Å²) >= 11 is 0. The van der Waals surface area contributed by atoms with Crippen molar-refractivity contribution in [1.29, 1.82) is 0 Å². The highest BCUT2D eigenvalue weighted by atomic mass is 35.5. The summed E-state index contributed by atoms with van der Waals surface area (Å²) in [7, 11) is 0. The summed E-state index contributed by atoms with van der Waals surface area (Å²) in [4.78, 5) is 0. The molecule has 0 radical (unpaired) electrons. The van der Waals surface area contributed by atoms with Gasteiger partial charge in [0.1, 0.15) is 5.75 Å². The Morgan fingerprint density at radius 2 is 1.96 bits per heavy atom. The average Bonchev–Trinajstić information content (AvgIpc) is 2.91. The molecule has 0 saturated carbocycles. The van der Waals surface area contributed by atoms with E-state index in [1.807, 2.05) is 6.20 Å². The summed E-state index contributed by atoms with van der Waals surface area (Å²) in [6.07, 6.45) is 0.745. The number of nitrogens with zero attached hydrogens (tertiary/aromatic N) is 2. The van der Waals surface area contributed by atoms with Crippen molar-refractivity contribution in [3.05, 3.63) is 36.2 Å². The van der Waals surface area contributed by atoms with E-state index >= 15 is 0 Å². The molecule has 0 amide bonds. The quantitative estimate of drug-likeness (QED) is 0.853. The monoisotopic (exact) mass is 349 g/mol. The number of benzene rings is 1. The Morgan fingerprint density at radius 3 is 2.57 bits per heavy atom. The van der Waals surface area contributed by atoms with Crippen molar-refractivity contribution in [3.8, 4) is 16.9 Å². The third-order valence-corrected chi connectivity index (χ3v) is 3.14. The third-order valence-electron chi connectivity index (χ3n) is 3.14. The Hall–Kier alpha value is -1.73. The largest absolute Gasteiger partial charge is 0.573 e. The van der Waals surface area contributed by atoms with Gasteiger partial charge in [0.15, 0.2) is 0 Å². The molecular formula is C15H19ClF3N3O. The van der Waals surface area contributed by atoms with Crippen LogP contribution in [-0.4, -0.2) is 16.1 Å². The summed E-state index contributed by atoms with van der Waals surface area (Å²) in [6, 6.07) is 4.37. The van der Waals surface area contributed by atoms with Crippen LogP contribution < -0.4 is 10.5 Å². The van der Waals surface area contributed by atoms with E-state index in [2.05, 4.69) is 16.8 Å². The minimum atomic E-state index is -4.73. The molecule has 8 heteroatoms. The molecule has 0 unspecified atom stereocenters. The molecule has 23 heavy (non-hydrogen) atoms. The lowest BCUT2D eigenvalue weighted by atomic mass is 10.1. The van der Waals surface area contributed by atoms with Crippen molar-refractivity contribution in [2.45, 2.75) is 39.2 Å². The van der Waals surface area contributed by atoms with Gasteiger partial charge in [-0.3, -0.25) is 4.68 Å². The van der Waals surface area contributed by atoms with E-state index in [-0.39, 0.29) is 24.7 Å². The smallest absolute Gasteiger partial charge is 0.406 e. The van der Waals surface area contributed by atoms with Gasteiger partial charge in [-0.15, -0.1) is 25.6 Å². The molecule has 0 bridgehead atoms. The number of aryl methyl sites for hydroxylation is 1. The van der Waals surface area contributed by atoms with Gasteiger partial charge in [-0.2, -0.15) is 5.10 Å². The first-order chi connectivity index (χ1) is 10.4. The Balaban J connectivity index is 0.00000264. The summed E-state index contributed by atoms with van der Waals surface area (Å²) in [5.74, 6) is -0.272. The van der Waals surface area contributed by atoms with Crippen LogP contribution in [0.3, 0.4) is 0 Å². The summed E-state index contributed by atoms with van der Waals surface area (Å²) in [5, 5.41) is 4.21. The Kier molecular flexibility index (Phi) is 6.90. The number of aromatic nitrogens is 2. The molecule has 0 aliphatic heterocycles. The van der Waals surface area contributed by atoms with E-state index in [1.165, 1.54) is 12.1 Å². The van der Waals surface area contributed by atoms with Crippen LogP contribution in [0.4, 0.5) is 13.2 Å². The van der Waals surface area contributed by atoms with E-state index < -0.39 is 6.36 Å². The highest BCUT2D eigenvalue weighted by Crippen LogP contribution is 2.29. The van der Waals surface area contributed by atoms with Crippen LogP contribution in [0.25, 0.3) is 11.1 Å². The zero-order chi connectivity index (χ0) is 16.2. The molecule has 2 N–H and O–H groups in total. The van der Waals surface area contributed by atoms with E-state index in [9.17, 15) is 13.2 Å². The highest BCUT2D eigenvalue weighted by molar-refractivity contribution is 5.85. The minimum absolute atomic E-state index is 0. The molecule has 0 aliphatic carbocycles. The number of unbranched alkanes of at least 4 members (excludes halogenated alkanes) is 1. The Labute approximate surface area is 138 Å². The van der Waals surface area contributed by atoms with Crippen LogP contribution in [0, 0.1) is 0 Å². The molecule has 0 aliphatic rings. The summed E-state index contributed by atoms with van der Waals surface area (Å²) < 4.78 is 42.9. The van der Waals surface area contributed by atoms with Crippen LogP contribution in [0.15, 0.2) is 30.6 Å². The maximum atomic E-state index is 12.4. The first-order valence-electron chi connectivity index (χ1n) is 7.04. The average molecular weight is 350 g/mol. The number of rotatable bonds is 6. The standard InChI is InChI=1S/C15H18F3N3O.ClH/c1-2-3-4-21-10-13(9-20-21)12-5-11(8-19)6-14(7-12)22-15(16,17)18;/h5-7,9-10H,2-4,8,19H2,1H3;1H. The second-order valence-corrected chi connectivity index (χ2v) is 4.96. The Morgan fingerprint density at radius 1 is 1.22 bits per heavy atom. The van der Waals surface area contributed by atoms with E-state index in [4.69, 9.17) is 5.73 Å². The molecule has 4 nitrogen and oxygen atoms in total. The second kappa shape index (κ2) is 8.21. The Bertz CT molecular complexity index is 629. The lowest BCUT2D eigenvalue weighted by Gasteiger charge is -2.11. The minimum Gasteiger partial charge on any atom is -0.406 e. The lowest BCUT2D eigenvalue weighted by molar-refractivity contribution is -0.274. The van der Waals surface area contributed by atoms with E-state index in [0.29, 0.717) is 11.1 Å². The molecule has 0 spiro atoms. The first-order valence-corrected chi connectivity index (χ1v) is 7.04. The van der Waals surface area contributed by atoms with Gasteiger partial charge in [-0.25, -0.2) is 0 Å². The molecule has 0 fully saturated rings. The molecule has 1 aromatic carbocycles. The topological polar surface area (TPSA) is 53.1 Å². The number of alkyl halides is 3. The van der Waals surface area contributed by atoms with Crippen LogP contribution in [0.1, 0.15) is 25.3 Å². The fourth-order valence-corrected chi connectivity index (χ4v) is 2.09. The van der Waals surface area contributed by atoms with Crippen molar-refractivity contribution in [3.63, 3.8) is 0 Å². The van der Waals surface area contributed by atoms with Crippen molar-refractivity contribution >= 4 is 12.4 Å². The van der Waals surface area contributed by atoms with Crippen molar-refractivity contribution < 1.29 is 17.9 Å². The molecule has 1 heterocycles. The molecule has 2 rings (SSSR count). The van der Waals surface area contributed by atoms with Gasteiger partial charge >= 0.3 is 6.36 Å². The van der Waals surface area contributed by atoms with Gasteiger partial charge in [0.25, 0.3) is 0 Å². The van der Waals surface area contributed by atoms with Gasteiger partial charge in [-0.1, -0.05) is 13.3 Å². The van der Waals surface area contributed by atoms with Gasteiger partial charge < -0.3 is 10.5 Å². The summed E-state index contributed by atoms with van der Waals surface area (Å²) in [5.41, 5.74) is 7.45. The SMILES string of the molecule is CCCCn1cc(-c2cc(CN)cc(OC(F)(F)F)c2)cn1.Cl. The second-order valence-electron chi connectivity index (χ2n) is 4.96. The number of hydrogen-bond donors (Lipinski definition) is 1. The van der Waals surface area contributed by atoms with Gasteiger partial charge in [-0.05, 0) is 35.7 Å². The normalized spacial score (nSPS) is 11.2. The lowest BCUT2D eigenvalue weighted by Crippen LogP contribution is -2.17. The van der Waals surface area contributed by atoms with Gasteiger partial charge in [0, 0.05) is 24.8 Å². The molecule has 1 aromatic heterocycles. The zero-order valence-corrected chi connectivity index (χ0v) is 13.5. The maximum Gasteiger partial charge on any atom is 0.573 e. The van der Waals surface area contributed by atoms with Crippen molar-refractivity contribution in [2.24, 2.45) is 5.73 Å². The van der Waals surface area contributed by atoms with E-state index in [0.717, 1.165) is 24.9 Å². The maximum absolute atomic E-state index is 12.4. The highest BCUT2D eigenvalue weighted by Gasteiger charge is 2.31. The molecular weight excluding hydrogens is 331 g/mol. The third kappa shape index (κ3) is 5.76. The zero-order valence-electron chi connectivity index (χ0n) is 12.6. The molecule has 2 aromatic rings. The van der Waals surface area contributed by atoms with Crippen LogP contribution in [0.5, 0.6) is 5.75 Å². The fraction of sp³-hybridized carbons (Fsp3) is 0.400. The number of halogens is 4. The predicted molar refractivity (Wildman–Crippen MR) is 84.4 cm³/mol. The van der Waals surface area contributed by atoms with Crippen LogP contribution in [0.2, 0.25) is 0 Å². The molecule has 0 saturated heterocycles.